The van der Waals surface area contributed by atoms with Crippen molar-refractivity contribution in [2.45, 2.75) is 13.8 Å². The standard InChI is InChI=1S/C16H15N3/c1-12-6-5-7-13(2)15(12)19-11-10-18-16(19)14-8-3-4-9-17-14/h3-11H,1-2H3. The van der Waals surface area contributed by atoms with Gasteiger partial charge in [-0.15, -0.1) is 0 Å². The molecule has 94 valence electrons. The van der Waals surface area contributed by atoms with E-state index in [1.54, 1.807) is 6.20 Å². The lowest BCUT2D eigenvalue weighted by molar-refractivity contribution is 1.02. The van der Waals surface area contributed by atoms with Crippen molar-refractivity contribution >= 4 is 0 Å². The lowest BCUT2D eigenvalue weighted by atomic mass is 10.1. The Hall–Kier alpha value is -2.42. The minimum Gasteiger partial charge on any atom is -0.298 e. The van der Waals surface area contributed by atoms with E-state index in [4.69, 9.17) is 0 Å². The number of hydrogen-bond donors (Lipinski definition) is 0. The normalized spacial score (nSPS) is 10.6. The smallest absolute Gasteiger partial charge is 0.163 e. The molecular weight excluding hydrogens is 234 g/mol. The average Bonchev–Trinajstić information content (AvgIpc) is 2.89. The maximum Gasteiger partial charge on any atom is 0.163 e. The van der Waals surface area contributed by atoms with Gasteiger partial charge in [0.2, 0.25) is 0 Å². The van der Waals surface area contributed by atoms with Crippen molar-refractivity contribution in [3.63, 3.8) is 0 Å². The Bertz CT molecular complexity index is 679. The second-order valence-corrected chi connectivity index (χ2v) is 4.58. The van der Waals surface area contributed by atoms with Crippen LogP contribution in [0.4, 0.5) is 0 Å². The topological polar surface area (TPSA) is 30.7 Å². The first kappa shape index (κ1) is 11.7. The number of para-hydroxylation sites is 1. The Labute approximate surface area is 112 Å². The van der Waals surface area contributed by atoms with Crippen LogP contribution in [0.15, 0.2) is 55.0 Å². The van der Waals surface area contributed by atoms with Crippen molar-refractivity contribution in [3.8, 4) is 17.2 Å². The number of nitrogens with zero attached hydrogens (tertiary/aromatic N) is 3. The van der Waals surface area contributed by atoms with E-state index in [0.717, 1.165) is 11.5 Å². The molecule has 0 aliphatic carbocycles. The summed E-state index contributed by atoms with van der Waals surface area (Å²) in [6.07, 6.45) is 5.59. The van der Waals surface area contributed by atoms with Crippen LogP contribution in [-0.2, 0) is 0 Å². The molecule has 0 aliphatic heterocycles. The van der Waals surface area contributed by atoms with E-state index < -0.39 is 0 Å². The summed E-state index contributed by atoms with van der Waals surface area (Å²) in [5, 5.41) is 0. The molecule has 0 atom stereocenters. The van der Waals surface area contributed by atoms with Crippen LogP contribution in [0.1, 0.15) is 11.1 Å². The number of aromatic nitrogens is 3. The summed E-state index contributed by atoms with van der Waals surface area (Å²) in [5.74, 6) is 0.873. The Morgan fingerprint density at radius 1 is 0.842 bits per heavy atom. The molecule has 0 bridgehead atoms. The molecule has 0 amide bonds. The molecule has 3 nitrogen and oxygen atoms in total. The molecule has 19 heavy (non-hydrogen) atoms. The number of hydrogen-bond acceptors (Lipinski definition) is 2. The lowest BCUT2D eigenvalue weighted by Gasteiger charge is -2.13. The van der Waals surface area contributed by atoms with Crippen molar-refractivity contribution in [2.24, 2.45) is 0 Å². The fourth-order valence-corrected chi connectivity index (χ4v) is 2.35. The zero-order valence-electron chi connectivity index (χ0n) is 11.0. The Balaban J connectivity index is 2.21. The molecular formula is C16H15N3. The van der Waals surface area contributed by atoms with Gasteiger partial charge in [0, 0.05) is 18.6 Å². The van der Waals surface area contributed by atoms with E-state index in [2.05, 4.69) is 46.6 Å². The first-order chi connectivity index (χ1) is 9.27. The van der Waals surface area contributed by atoms with Crippen molar-refractivity contribution in [3.05, 3.63) is 66.1 Å². The predicted molar refractivity (Wildman–Crippen MR) is 76.3 cm³/mol. The van der Waals surface area contributed by atoms with Crippen LogP contribution in [0.2, 0.25) is 0 Å². The molecule has 1 aromatic carbocycles. The highest BCUT2D eigenvalue weighted by atomic mass is 15.1. The van der Waals surface area contributed by atoms with Crippen LogP contribution < -0.4 is 0 Å². The zero-order valence-corrected chi connectivity index (χ0v) is 11.0. The molecule has 2 aromatic heterocycles. The Morgan fingerprint density at radius 3 is 2.32 bits per heavy atom. The first-order valence-electron chi connectivity index (χ1n) is 6.29. The molecule has 0 spiro atoms. The molecule has 3 aromatic rings. The van der Waals surface area contributed by atoms with Gasteiger partial charge in [-0.3, -0.25) is 9.55 Å². The van der Waals surface area contributed by atoms with Gasteiger partial charge in [-0.2, -0.15) is 0 Å². The second-order valence-electron chi connectivity index (χ2n) is 4.58. The minimum atomic E-state index is 0.873. The van der Waals surface area contributed by atoms with Crippen LogP contribution in [-0.4, -0.2) is 14.5 Å². The van der Waals surface area contributed by atoms with Crippen LogP contribution in [0.25, 0.3) is 17.2 Å². The Kier molecular flexibility index (Phi) is 2.88. The summed E-state index contributed by atoms with van der Waals surface area (Å²) in [4.78, 5) is 8.83. The highest BCUT2D eigenvalue weighted by Crippen LogP contribution is 2.24. The number of benzene rings is 1. The quantitative estimate of drug-likeness (QED) is 0.695. The highest BCUT2D eigenvalue weighted by molar-refractivity contribution is 5.57. The third-order valence-electron chi connectivity index (χ3n) is 3.22. The summed E-state index contributed by atoms with van der Waals surface area (Å²) in [6.45, 7) is 4.23. The van der Waals surface area contributed by atoms with Crippen LogP contribution in [0, 0.1) is 13.8 Å². The lowest BCUT2D eigenvalue weighted by Crippen LogP contribution is -2.02. The van der Waals surface area contributed by atoms with Gasteiger partial charge in [-0.05, 0) is 37.1 Å². The molecule has 2 heterocycles. The second kappa shape index (κ2) is 4.69. The molecule has 0 unspecified atom stereocenters. The maximum absolute atomic E-state index is 4.45. The highest BCUT2D eigenvalue weighted by Gasteiger charge is 2.11. The number of imidazole rings is 1. The molecule has 0 fully saturated rings. The Morgan fingerprint density at radius 2 is 1.63 bits per heavy atom. The van der Waals surface area contributed by atoms with E-state index in [9.17, 15) is 0 Å². The molecule has 0 aliphatic rings. The molecule has 3 heteroatoms. The van der Waals surface area contributed by atoms with E-state index in [-0.39, 0.29) is 0 Å². The van der Waals surface area contributed by atoms with E-state index in [0.29, 0.717) is 0 Å². The summed E-state index contributed by atoms with van der Waals surface area (Å²) in [6, 6.07) is 12.2. The predicted octanol–water partition coefficient (Wildman–Crippen LogP) is 3.55. The third-order valence-corrected chi connectivity index (χ3v) is 3.22. The van der Waals surface area contributed by atoms with Crippen LogP contribution in [0.3, 0.4) is 0 Å². The monoisotopic (exact) mass is 249 g/mol. The molecule has 0 radical (unpaired) electrons. The van der Waals surface area contributed by atoms with Crippen molar-refractivity contribution in [1.82, 2.24) is 14.5 Å². The van der Waals surface area contributed by atoms with Gasteiger partial charge < -0.3 is 0 Å². The largest absolute Gasteiger partial charge is 0.298 e. The fraction of sp³-hybridized carbons (Fsp3) is 0.125. The molecule has 0 saturated carbocycles. The zero-order chi connectivity index (χ0) is 13.2. The summed E-state index contributed by atoms with van der Waals surface area (Å²) in [5.41, 5.74) is 4.53. The van der Waals surface area contributed by atoms with Gasteiger partial charge in [-0.1, -0.05) is 24.3 Å². The van der Waals surface area contributed by atoms with Crippen molar-refractivity contribution in [1.29, 1.82) is 0 Å². The number of aryl methyl sites for hydroxylation is 2. The SMILES string of the molecule is Cc1cccc(C)c1-n1ccnc1-c1ccccn1. The summed E-state index contributed by atoms with van der Waals surface area (Å²) < 4.78 is 2.10. The molecule has 0 saturated heterocycles. The first-order valence-corrected chi connectivity index (χ1v) is 6.29. The average molecular weight is 249 g/mol. The van der Waals surface area contributed by atoms with Gasteiger partial charge in [0.15, 0.2) is 5.82 Å². The minimum absolute atomic E-state index is 0.873. The summed E-state index contributed by atoms with van der Waals surface area (Å²) in [7, 11) is 0. The van der Waals surface area contributed by atoms with E-state index in [1.807, 2.05) is 30.6 Å². The van der Waals surface area contributed by atoms with Gasteiger partial charge in [0.1, 0.15) is 5.69 Å². The maximum atomic E-state index is 4.45. The fourth-order valence-electron chi connectivity index (χ4n) is 2.35. The van der Waals surface area contributed by atoms with Gasteiger partial charge in [0.25, 0.3) is 0 Å². The molecule has 0 N–H and O–H groups in total. The van der Waals surface area contributed by atoms with Crippen LogP contribution in [0.5, 0.6) is 0 Å². The van der Waals surface area contributed by atoms with Crippen molar-refractivity contribution < 1.29 is 0 Å². The van der Waals surface area contributed by atoms with Gasteiger partial charge in [-0.25, -0.2) is 4.98 Å². The van der Waals surface area contributed by atoms with Crippen molar-refractivity contribution in [2.75, 3.05) is 0 Å². The van der Waals surface area contributed by atoms with E-state index in [1.165, 1.54) is 16.8 Å². The molecule has 3 rings (SSSR count). The van der Waals surface area contributed by atoms with Gasteiger partial charge in [0.05, 0.1) is 5.69 Å². The van der Waals surface area contributed by atoms with Gasteiger partial charge >= 0.3 is 0 Å². The van der Waals surface area contributed by atoms with Crippen LogP contribution >= 0.6 is 0 Å². The van der Waals surface area contributed by atoms with E-state index >= 15 is 0 Å². The number of rotatable bonds is 2. The summed E-state index contributed by atoms with van der Waals surface area (Å²) >= 11 is 0. The third kappa shape index (κ3) is 2.03. The number of pyridine rings is 1.